The number of nitrogens with zero attached hydrogens (tertiary/aromatic N) is 1. The Kier molecular flexibility index (Phi) is 5.23. The first kappa shape index (κ1) is 15.1. The summed E-state index contributed by atoms with van der Waals surface area (Å²) in [5, 5.41) is 12.3. The Balaban J connectivity index is 1.87. The van der Waals surface area contributed by atoms with E-state index >= 15 is 0 Å². The van der Waals surface area contributed by atoms with Crippen molar-refractivity contribution in [1.29, 1.82) is 0 Å². The fourth-order valence-corrected chi connectivity index (χ4v) is 2.56. The summed E-state index contributed by atoms with van der Waals surface area (Å²) in [5.74, 6) is -0.118. The molecule has 6 heteroatoms. The molecule has 0 unspecified atom stereocenters. The highest BCUT2D eigenvalue weighted by molar-refractivity contribution is 6.33. The molecule has 1 aliphatic heterocycles. The number of hydrogen-bond donors (Lipinski definition) is 3. The van der Waals surface area contributed by atoms with E-state index in [4.69, 9.17) is 22.4 Å². The molecule has 1 heterocycles. The zero-order valence-corrected chi connectivity index (χ0v) is 12.1. The summed E-state index contributed by atoms with van der Waals surface area (Å²) >= 11 is 5.92. The van der Waals surface area contributed by atoms with Crippen LogP contribution in [0.3, 0.4) is 0 Å². The number of hydrogen-bond acceptors (Lipinski definition) is 4. The molecule has 1 aromatic carbocycles. The molecule has 5 nitrogen and oxygen atoms in total. The first-order chi connectivity index (χ1) is 9.60. The Bertz CT molecular complexity index is 473. The zero-order chi connectivity index (χ0) is 14.5. The SMILES string of the molecule is Nc1ccc(C(=O)NC2CCN(CCO)CC2)cc1Cl. The van der Waals surface area contributed by atoms with Crippen molar-refractivity contribution < 1.29 is 9.90 Å². The van der Waals surface area contributed by atoms with Crippen molar-refractivity contribution in [2.24, 2.45) is 0 Å². The lowest BCUT2D eigenvalue weighted by Crippen LogP contribution is -2.45. The number of aliphatic hydroxyl groups excluding tert-OH is 1. The number of nitrogens with two attached hydrogens (primary N) is 1. The van der Waals surface area contributed by atoms with Gasteiger partial charge in [-0.3, -0.25) is 4.79 Å². The number of nitrogen functional groups attached to an aromatic ring is 1. The molecule has 1 aromatic rings. The van der Waals surface area contributed by atoms with E-state index in [2.05, 4.69) is 10.2 Å². The number of likely N-dealkylation sites (tertiary alicyclic amines) is 1. The number of nitrogens with one attached hydrogen (secondary N) is 1. The molecule has 0 saturated carbocycles. The molecule has 2 rings (SSSR count). The zero-order valence-electron chi connectivity index (χ0n) is 11.3. The summed E-state index contributed by atoms with van der Waals surface area (Å²) in [4.78, 5) is 14.3. The highest BCUT2D eigenvalue weighted by Crippen LogP contribution is 2.20. The van der Waals surface area contributed by atoms with Crippen molar-refractivity contribution in [3.8, 4) is 0 Å². The van der Waals surface area contributed by atoms with Crippen molar-refractivity contribution in [3.63, 3.8) is 0 Å². The van der Waals surface area contributed by atoms with E-state index in [1.54, 1.807) is 18.2 Å². The van der Waals surface area contributed by atoms with Gasteiger partial charge in [0.25, 0.3) is 5.91 Å². The molecule has 1 amide bonds. The van der Waals surface area contributed by atoms with Gasteiger partial charge in [0, 0.05) is 31.2 Å². The molecule has 4 N–H and O–H groups in total. The van der Waals surface area contributed by atoms with Gasteiger partial charge in [-0.2, -0.15) is 0 Å². The summed E-state index contributed by atoms with van der Waals surface area (Å²) in [7, 11) is 0. The van der Waals surface area contributed by atoms with Gasteiger partial charge in [-0.05, 0) is 31.0 Å². The number of benzene rings is 1. The standard InChI is InChI=1S/C14H20ClN3O2/c15-12-9-10(1-2-13(12)16)14(20)17-11-3-5-18(6-4-11)7-8-19/h1-2,9,11,19H,3-8,16H2,(H,17,20). The maximum atomic E-state index is 12.1. The van der Waals surface area contributed by atoms with Gasteiger partial charge in [-0.1, -0.05) is 11.6 Å². The molecule has 1 aliphatic rings. The number of rotatable bonds is 4. The van der Waals surface area contributed by atoms with E-state index in [1.807, 2.05) is 0 Å². The number of amides is 1. The first-order valence-corrected chi connectivity index (χ1v) is 7.17. The van der Waals surface area contributed by atoms with Crippen molar-refractivity contribution >= 4 is 23.2 Å². The number of anilines is 1. The van der Waals surface area contributed by atoms with Crippen molar-refractivity contribution in [2.75, 3.05) is 32.0 Å². The molecule has 0 radical (unpaired) electrons. The maximum absolute atomic E-state index is 12.1. The monoisotopic (exact) mass is 297 g/mol. The highest BCUT2D eigenvalue weighted by atomic mass is 35.5. The number of β-amino-alcohol motifs (C(OH)–C–C–N with tert-alkyl or cyclic N) is 1. The van der Waals surface area contributed by atoms with Crippen LogP contribution in [0.25, 0.3) is 0 Å². The van der Waals surface area contributed by atoms with Gasteiger partial charge < -0.3 is 21.1 Å². The van der Waals surface area contributed by atoms with E-state index in [1.165, 1.54) is 0 Å². The second-order valence-corrected chi connectivity index (χ2v) is 5.46. The summed E-state index contributed by atoms with van der Waals surface area (Å²) in [5.41, 5.74) is 6.63. The van der Waals surface area contributed by atoms with Crippen LogP contribution < -0.4 is 11.1 Å². The summed E-state index contributed by atoms with van der Waals surface area (Å²) in [6.07, 6.45) is 1.79. The number of carbonyl (C=O) groups excluding carboxylic acids is 1. The average Bonchev–Trinajstić information content (AvgIpc) is 2.44. The lowest BCUT2D eigenvalue weighted by Gasteiger charge is -2.31. The topological polar surface area (TPSA) is 78.6 Å². The van der Waals surface area contributed by atoms with Crippen molar-refractivity contribution in [3.05, 3.63) is 28.8 Å². The number of carbonyl (C=O) groups is 1. The van der Waals surface area contributed by atoms with Crippen LogP contribution in [-0.4, -0.2) is 48.2 Å². The molecule has 0 aliphatic carbocycles. The third kappa shape index (κ3) is 3.85. The summed E-state index contributed by atoms with van der Waals surface area (Å²) in [6.45, 7) is 2.68. The van der Waals surface area contributed by atoms with E-state index in [9.17, 15) is 4.79 Å². The minimum absolute atomic E-state index is 0.118. The van der Waals surface area contributed by atoms with Crippen LogP contribution in [0, 0.1) is 0 Å². The Hall–Kier alpha value is -1.30. The Morgan fingerprint density at radius 3 is 2.75 bits per heavy atom. The molecule has 0 spiro atoms. The van der Waals surface area contributed by atoms with Crippen LogP contribution in [0.5, 0.6) is 0 Å². The average molecular weight is 298 g/mol. The second-order valence-electron chi connectivity index (χ2n) is 5.05. The molecule has 0 aromatic heterocycles. The molecular formula is C14H20ClN3O2. The van der Waals surface area contributed by atoms with E-state index in [0.29, 0.717) is 22.8 Å². The Morgan fingerprint density at radius 1 is 1.45 bits per heavy atom. The molecule has 1 fully saturated rings. The Labute approximate surface area is 123 Å². The summed E-state index contributed by atoms with van der Waals surface area (Å²) < 4.78 is 0. The summed E-state index contributed by atoms with van der Waals surface area (Å²) in [6, 6.07) is 5.08. The van der Waals surface area contributed by atoms with Crippen LogP contribution in [0.2, 0.25) is 5.02 Å². The maximum Gasteiger partial charge on any atom is 0.251 e. The van der Waals surface area contributed by atoms with Gasteiger partial charge in [0.05, 0.1) is 17.3 Å². The molecular weight excluding hydrogens is 278 g/mol. The van der Waals surface area contributed by atoms with Crippen LogP contribution in [-0.2, 0) is 0 Å². The predicted octanol–water partition coefficient (Wildman–Crippen LogP) is 1.11. The Morgan fingerprint density at radius 2 is 2.15 bits per heavy atom. The third-order valence-corrected chi connectivity index (χ3v) is 3.93. The van der Waals surface area contributed by atoms with Gasteiger partial charge in [-0.25, -0.2) is 0 Å². The van der Waals surface area contributed by atoms with Crippen molar-refractivity contribution in [2.45, 2.75) is 18.9 Å². The fraction of sp³-hybridized carbons (Fsp3) is 0.500. The van der Waals surface area contributed by atoms with Crippen LogP contribution in [0.1, 0.15) is 23.2 Å². The minimum Gasteiger partial charge on any atom is -0.398 e. The number of piperidine rings is 1. The lowest BCUT2D eigenvalue weighted by atomic mass is 10.0. The molecule has 20 heavy (non-hydrogen) atoms. The van der Waals surface area contributed by atoms with Gasteiger partial charge in [-0.15, -0.1) is 0 Å². The molecule has 110 valence electrons. The normalized spacial score (nSPS) is 17.1. The van der Waals surface area contributed by atoms with Gasteiger partial charge in [0.15, 0.2) is 0 Å². The molecule has 0 bridgehead atoms. The molecule has 1 saturated heterocycles. The van der Waals surface area contributed by atoms with Crippen molar-refractivity contribution in [1.82, 2.24) is 10.2 Å². The quantitative estimate of drug-likeness (QED) is 0.728. The second kappa shape index (κ2) is 6.92. The van der Waals surface area contributed by atoms with Crippen LogP contribution in [0.4, 0.5) is 5.69 Å². The van der Waals surface area contributed by atoms with Crippen LogP contribution in [0.15, 0.2) is 18.2 Å². The third-order valence-electron chi connectivity index (χ3n) is 3.60. The number of halogens is 1. The van der Waals surface area contributed by atoms with E-state index < -0.39 is 0 Å². The number of aliphatic hydroxyl groups is 1. The minimum atomic E-state index is -0.118. The largest absolute Gasteiger partial charge is 0.398 e. The highest BCUT2D eigenvalue weighted by Gasteiger charge is 2.20. The van der Waals surface area contributed by atoms with Gasteiger partial charge in [0.1, 0.15) is 0 Å². The van der Waals surface area contributed by atoms with E-state index in [0.717, 1.165) is 25.9 Å². The van der Waals surface area contributed by atoms with Gasteiger partial charge >= 0.3 is 0 Å². The molecule has 0 atom stereocenters. The lowest BCUT2D eigenvalue weighted by molar-refractivity contribution is 0.0903. The van der Waals surface area contributed by atoms with E-state index in [-0.39, 0.29) is 18.6 Å². The van der Waals surface area contributed by atoms with Gasteiger partial charge in [0.2, 0.25) is 0 Å². The predicted molar refractivity (Wildman–Crippen MR) is 79.9 cm³/mol. The van der Waals surface area contributed by atoms with Crippen LogP contribution >= 0.6 is 11.6 Å². The first-order valence-electron chi connectivity index (χ1n) is 6.79. The smallest absolute Gasteiger partial charge is 0.251 e. The fourth-order valence-electron chi connectivity index (χ4n) is 2.38.